The van der Waals surface area contributed by atoms with Gasteiger partial charge in [0.05, 0.1) is 11.0 Å². The number of para-hydroxylation sites is 3. The van der Waals surface area contributed by atoms with E-state index in [1.807, 2.05) is 0 Å². The minimum atomic E-state index is 0.878. The minimum Gasteiger partial charge on any atom is -0.455 e. The Bertz CT molecular complexity index is 3550. The van der Waals surface area contributed by atoms with Crippen molar-refractivity contribution in [1.82, 2.24) is 4.57 Å². The molecule has 286 valence electrons. The SMILES string of the molecule is c1ccc(-c2ccc(-c3ccc(N(c4ccccc4)c4cc(-c5ccc6c(c5)c5ccccc5n6-c5ccccc5)c5oc6ccc7ccccc7c6c5c4)cc3)cc2)cc1. The van der Waals surface area contributed by atoms with Crippen molar-refractivity contribution in [3.8, 4) is 39.1 Å². The predicted octanol–water partition coefficient (Wildman–Crippen LogP) is 16.3. The summed E-state index contributed by atoms with van der Waals surface area (Å²) in [4.78, 5) is 2.37. The third-order valence-corrected chi connectivity index (χ3v) is 12.2. The highest BCUT2D eigenvalue weighted by Gasteiger charge is 2.22. The Balaban J connectivity index is 1.06. The van der Waals surface area contributed by atoms with Crippen LogP contribution in [0.2, 0.25) is 0 Å². The van der Waals surface area contributed by atoms with Crippen molar-refractivity contribution in [2.24, 2.45) is 0 Å². The molecule has 0 aliphatic rings. The van der Waals surface area contributed by atoms with Gasteiger partial charge in [-0.25, -0.2) is 0 Å². The summed E-state index contributed by atoms with van der Waals surface area (Å²) in [5, 5.41) is 6.99. The van der Waals surface area contributed by atoms with Gasteiger partial charge in [-0.3, -0.25) is 0 Å². The van der Waals surface area contributed by atoms with Crippen LogP contribution in [0.5, 0.6) is 0 Å². The average Bonchev–Trinajstić information content (AvgIpc) is 3.88. The fourth-order valence-electron chi connectivity index (χ4n) is 9.29. The molecule has 0 aliphatic carbocycles. The van der Waals surface area contributed by atoms with Crippen LogP contribution in [-0.2, 0) is 0 Å². The average molecular weight is 779 g/mol. The van der Waals surface area contributed by atoms with Crippen LogP contribution in [0, 0.1) is 0 Å². The second-order valence-corrected chi connectivity index (χ2v) is 15.7. The van der Waals surface area contributed by atoms with Crippen LogP contribution in [0.15, 0.2) is 235 Å². The smallest absolute Gasteiger partial charge is 0.143 e. The maximum absolute atomic E-state index is 6.94. The van der Waals surface area contributed by atoms with Crippen molar-refractivity contribution in [3.05, 3.63) is 231 Å². The lowest BCUT2D eigenvalue weighted by Crippen LogP contribution is -2.10. The van der Waals surface area contributed by atoms with Crippen molar-refractivity contribution < 1.29 is 4.42 Å². The summed E-state index contributed by atoms with van der Waals surface area (Å²) in [6.07, 6.45) is 0. The standard InChI is InChI=1S/C58H38N2O/c1-4-14-39(15-5-1)40-24-26-41(27-25-40)42-28-32-47(33-29-42)59(45-17-6-2-7-18-45)48-37-51(58-53(38-48)57-49-21-11-10-16-43(49)31-35-56(57)61-58)44-30-34-55-52(36-44)50-22-12-13-23-54(50)60(55)46-19-8-3-9-20-46/h1-38H. The molecule has 0 aliphatic heterocycles. The molecule has 12 aromatic rings. The first-order valence-corrected chi connectivity index (χ1v) is 20.8. The van der Waals surface area contributed by atoms with E-state index in [1.165, 1.54) is 54.8 Å². The lowest BCUT2D eigenvalue weighted by molar-refractivity contribution is 0.670. The second kappa shape index (κ2) is 14.3. The number of aromatic nitrogens is 1. The zero-order valence-corrected chi connectivity index (χ0v) is 33.2. The van der Waals surface area contributed by atoms with Crippen LogP contribution in [0.25, 0.3) is 93.6 Å². The quantitative estimate of drug-likeness (QED) is 0.161. The summed E-state index contributed by atoms with van der Waals surface area (Å²) < 4.78 is 9.31. The predicted molar refractivity (Wildman–Crippen MR) is 257 cm³/mol. The number of hydrogen-bond donors (Lipinski definition) is 0. The number of hydrogen-bond acceptors (Lipinski definition) is 2. The molecule has 0 amide bonds. The molecule has 0 N–H and O–H groups in total. The maximum Gasteiger partial charge on any atom is 0.143 e. The van der Waals surface area contributed by atoms with Gasteiger partial charge in [0.25, 0.3) is 0 Å². The highest BCUT2D eigenvalue weighted by atomic mass is 16.3. The Morgan fingerprint density at radius 2 is 0.902 bits per heavy atom. The third kappa shape index (κ3) is 5.90. The topological polar surface area (TPSA) is 21.3 Å². The van der Waals surface area contributed by atoms with Gasteiger partial charge in [0.2, 0.25) is 0 Å². The number of rotatable bonds is 7. The van der Waals surface area contributed by atoms with E-state index in [9.17, 15) is 0 Å². The molecule has 2 heterocycles. The van der Waals surface area contributed by atoms with Crippen LogP contribution in [0.4, 0.5) is 17.1 Å². The molecule has 0 spiro atoms. The second-order valence-electron chi connectivity index (χ2n) is 15.7. The van der Waals surface area contributed by atoms with Gasteiger partial charge >= 0.3 is 0 Å². The lowest BCUT2D eigenvalue weighted by atomic mass is 9.97. The molecule has 0 fully saturated rings. The normalized spacial score (nSPS) is 11.6. The highest BCUT2D eigenvalue weighted by molar-refractivity contribution is 6.22. The first-order chi connectivity index (χ1) is 30.2. The van der Waals surface area contributed by atoms with Crippen molar-refractivity contribution in [3.63, 3.8) is 0 Å². The molecule has 61 heavy (non-hydrogen) atoms. The highest BCUT2D eigenvalue weighted by Crippen LogP contribution is 2.46. The summed E-state index contributed by atoms with van der Waals surface area (Å²) in [5.41, 5.74) is 15.4. The maximum atomic E-state index is 6.94. The van der Waals surface area contributed by atoms with E-state index in [0.717, 1.165) is 55.8 Å². The van der Waals surface area contributed by atoms with Gasteiger partial charge < -0.3 is 13.9 Å². The number of benzene rings is 10. The van der Waals surface area contributed by atoms with Crippen molar-refractivity contribution >= 4 is 71.6 Å². The molecule has 0 atom stereocenters. The fraction of sp³-hybridized carbons (Fsp3) is 0. The molecule has 10 aromatic carbocycles. The first-order valence-electron chi connectivity index (χ1n) is 20.8. The van der Waals surface area contributed by atoms with Crippen molar-refractivity contribution in [1.29, 1.82) is 0 Å². The lowest BCUT2D eigenvalue weighted by Gasteiger charge is -2.26. The van der Waals surface area contributed by atoms with Gasteiger partial charge in [0.1, 0.15) is 11.2 Å². The summed E-state index contributed by atoms with van der Waals surface area (Å²) in [6, 6.07) is 82.8. The number of nitrogens with zero attached hydrogens (tertiary/aromatic N) is 2. The number of furan rings is 1. The monoisotopic (exact) mass is 778 g/mol. The summed E-state index contributed by atoms with van der Waals surface area (Å²) >= 11 is 0. The fourth-order valence-corrected chi connectivity index (χ4v) is 9.29. The molecule has 3 nitrogen and oxygen atoms in total. The molecule has 0 radical (unpaired) electrons. The molecule has 2 aromatic heterocycles. The molecule has 12 rings (SSSR count). The first kappa shape index (κ1) is 34.9. The van der Waals surface area contributed by atoms with E-state index in [0.29, 0.717) is 0 Å². The van der Waals surface area contributed by atoms with Gasteiger partial charge in [-0.1, -0.05) is 158 Å². The van der Waals surface area contributed by atoms with Crippen molar-refractivity contribution in [2.75, 3.05) is 4.90 Å². The van der Waals surface area contributed by atoms with Gasteiger partial charge in [0.15, 0.2) is 0 Å². The number of fused-ring (bicyclic) bond motifs is 8. The molecular weight excluding hydrogens is 741 g/mol. The number of anilines is 3. The Kier molecular flexibility index (Phi) is 8.17. The van der Waals surface area contributed by atoms with Crippen LogP contribution in [0.3, 0.4) is 0 Å². The third-order valence-electron chi connectivity index (χ3n) is 12.2. The van der Waals surface area contributed by atoms with Crippen LogP contribution < -0.4 is 4.90 Å². The van der Waals surface area contributed by atoms with Gasteiger partial charge in [-0.2, -0.15) is 0 Å². The van der Waals surface area contributed by atoms with Crippen LogP contribution in [-0.4, -0.2) is 4.57 Å². The molecule has 0 saturated heterocycles. The zero-order chi connectivity index (χ0) is 40.3. The van der Waals surface area contributed by atoms with E-state index in [4.69, 9.17) is 4.42 Å². The molecule has 0 bridgehead atoms. The van der Waals surface area contributed by atoms with Crippen LogP contribution >= 0.6 is 0 Å². The van der Waals surface area contributed by atoms with E-state index in [-0.39, 0.29) is 0 Å². The Morgan fingerprint density at radius 3 is 1.64 bits per heavy atom. The zero-order valence-electron chi connectivity index (χ0n) is 33.2. The molecule has 3 heteroatoms. The van der Waals surface area contributed by atoms with Gasteiger partial charge in [-0.15, -0.1) is 0 Å². The van der Waals surface area contributed by atoms with Crippen LogP contribution in [0.1, 0.15) is 0 Å². The Hall–Kier alpha value is -8.14. The van der Waals surface area contributed by atoms with Gasteiger partial charge in [-0.05, 0) is 111 Å². The molecule has 0 saturated carbocycles. The van der Waals surface area contributed by atoms with E-state index in [2.05, 4.69) is 240 Å². The summed E-state index contributed by atoms with van der Waals surface area (Å²) in [6.45, 7) is 0. The Labute approximate surface area is 353 Å². The van der Waals surface area contributed by atoms with E-state index in [1.54, 1.807) is 0 Å². The summed E-state index contributed by atoms with van der Waals surface area (Å²) in [7, 11) is 0. The van der Waals surface area contributed by atoms with Crippen molar-refractivity contribution in [2.45, 2.75) is 0 Å². The largest absolute Gasteiger partial charge is 0.455 e. The Morgan fingerprint density at radius 1 is 0.344 bits per heavy atom. The van der Waals surface area contributed by atoms with E-state index >= 15 is 0 Å². The van der Waals surface area contributed by atoms with Gasteiger partial charge in [0, 0.05) is 49.9 Å². The summed E-state index contributed by atoms with van der Waals surface area (Å²) in [5.74, 6) is 0. The molecule has 0 unspecified atom stereocenters. The minimum absolute atomic E-state index is 0.878. The van der Waals surface area contributed by atoms with E-state index < -0.39 is 0 Å². The molecular formula is C58H38N2O.